The van der Waals surface area contributed by atoms with Gasteiger partial charge < -0.3 is 32.3 Å². The van der Waals surface area contributed by atoms with E-state index in [9.17, 15) is 19.2 Å². The molecule has 0 aliphatic carbocycles. The molecule has 23 heavy (non-hydrogen) atoms. The minimum Gasteiger partial charge on any atom is -0.480 e. The lowest BCUT2D eigenvalue weighted by molar-refractivity contribution is -0.142. The number of nitrogens with one attached hydrogen (secondary N) is 2. The fourth-order valence-electron chi connectivity index (χ4n) is 1.54. The van der Waals surface area contributed by atoms with E-state index in [0.717, 1.165) is 0 Å². The largest absolute Gasteiger partial charge is 0.480 e. The Morgan fingerprint density at radius 2 is 1.70 bits per heavy atom. The van der Waals surface area contributed by atoms with E-state index in [4.69, 9.17) is 21.7 Å². The van der Waals surface area contributed by atoms with E-state index in [1.807, 2.05) is 0 Å². The highest BCUT2D eigenvalue weighted by atomic mass is 32.2. The number of aliphatic hydroxyl groups is 1. The van der Waals surface area contributed by atoms with Gasteiger partial charge in [0.15, 0.2) is 0 Å². The van der Waals surface area contributed by atoms with Gasteiger partial charge in [0.1, 0.15) is 18.1 Å². The lowest BCUT2D eigenvalue weighted by Gasteiger charge is -2.21. The van der Waals surface area contributed by atoms with Gasteiger partial charge in [-0.25, -0.2) is 4.79 Å². The number of aliphatic carboxylic acids is 1. The molecule has 0 aliphatic heterocycles. The molecule has 0 aromatic rings. The highest BCUT2D eigenvalue weighted by Crippen LogP contribution is 2.03. The summed E-state index contributed by atoms with van der Waals surface area (Å²) in [6.45, 7) is -0.651. The Labute approximate surface area is 137 Å². The van der Waals surface area contributed by atoms with Crippen LogP contribution >= 0.6 is 11.8 Å². The Morgan fingerprint density at radius 3 is 2.13 bits per heavy atom. The van der Waals surface area contributed by atoms with Crippen molar-refractivity contribution in [2.75, 3.05) is 18.6 Å². The van der Waals surface area contributed by atoms with Crippen LogP contribution in [0.4, 0.5) is 0 Å². The second kappa shape index (κ2) is 10.8. The number of carbonyl (C=O) groups is 4. The molecule has 0 rings (SSSR count). The summed E-state index contributed by atoms with van der Waals surface area (Å²) in [7, 11) is 0. The first kappa shape index (κ1) is 21.1. The molecule has 0 heterocycles. The quantitative estimate of drug-likeness (QED) is 0.227. The summed E-state index contributed by atoms with van der Waals surface area (Å²) in [5.74, 6) is -3.32. The Morgan fingerprint density at radius 1 is 1.13 bits per heavy atom. The van der Waals surface area contributed by atoms with Crippen LogP contribution in [0.2, 0.25) is 0 Å². The Hall–Kier alpha value is -1.85. The average Bonchev–Trinajstić information content (AvgIpc) is 2.48. The molecule has 0 radical (unpaired) electrons. The van der Waals surface area contributed by atoms with Crippen molar-refractivity contribution in [1.82, 2.24) is 10.6 Å². The third-order valence-corrected chi connectivity index (χ3v) is 3.44. The molecular formula is C12H22N4O6S. The Balaban J connectivity index is 4.93. The molecule has 3 amide bonds. The molecule has 0 aromatic heterocycles. The molecule has 10 nitrogen and oxygen atoms in total. The zero-order valence-corrected chi connectivity index (χ0v) is 13.5. The van der Waals surface area contributed by atoms with Crippen molar-refractivity contribution in [3.63, 3.8) is 0 Å². The molecule has 0 spiro atoms. The van der Waals surface area contributed by atoms with Crippen molar-refractivity contribution in [2.24, 2.45) is 11.5 Å². The number of hydrogen-bond donors (Lipinski definition) is 6. The van der Waals surface area contributed by atoms with Gasteiger partial charge in [-0.05, 0) is 18.4 Å². The molecule has 132 valence electrons. The van der Waals surface area contributed by atoms with Crippen LogP contribution in [0, 0.1) is 0 Å². The van der Waals surface area contributed by atoms with E-state index < -0.39 is 54.8 Å². The predicted octanol–water partition coefficient (Wildman–Crippen LogP) is -3.01. The third kappa shape index (κ3) is 8.38. The van der Waals surface area contributed by atoms with Crippen LogP contribution in [0.5, 0.6) is 0 Å². The molecule has 0 unspecified atom stereocenters. The molecule has 0 saturated carbocycles. The van der Waals surface area contributed by atoms with Gasteiger partial charge in [0.05, 0.1) is 13.0 Å². The zero-order valence-electron chi connectivity index (χ0n) is 12.7. The summed E-state index contributed by atoms with van der Waals surface area (Å²) >= 11 is 1.41. The maximum Gasteiger partial charge on any atom is 0.326 e. The number of thioether (sulfide) groups is 1. The normalized spacial score (nSPS) is 14.4. The summed E-state index contributed by atoms with van der Waals surface area (Å²) in [4.78, 5) is 45.8. The lowest BCUT2D eigenvalue weighted by atomic mass is 10.1. The van der Waals surface area contributed by atoms with Gasteiger partial charge in [-0.2, -0.15) is 11.8 Å². The standard InChI is InChI=1S/C12H22N4O6S/c1-23-3-2-7(12(21)22)15-11(20)8(4-9(14)18)16-10(19)6(13)5-17/h6-8,17H,2-5,13H2,1H3,(H2,14,18)(H,15,20)(H,16,19)(H,21,22)/t6-,7-,8-/m0/s1. The van der Waals surface area contributed by atoms with E-state index >= 15 is 0 Å². The van der Waals surface area contributed by atoms with Gasteiger partial charge >= 0.3 is 5.97 Å². The number of nitrogens with two attached hydrogens (primary N) is 2. The number of amides is 3. The van der Waals surface area contributed by atoms with Crippen LogP contribution in [0.15, 0.2) is 0 Å². The fraction of sp³-hybridized carbons (Fsp3) is 0.667. The predicted molar refractivity (Wildman–Crippen MR) is 83.4 cm³/mol. The third-order valence-electron chi connectivity index (χ3n) is 2.80. The molecule has 8 N–H and O–H groups in total. The highest BCUT2D eigenvalue weighted by molar-refractivity contribution is 7.98. The van der Waals surface area contributed by atoms with Crippen molar-refractivity contribution in [3.05, 3.63) is 0 Å². The van der Waals surface area contributed by atoms with Crippen LogP contribution in [-0.4, -0.2) is 70.6 Å². The summed E-state index contributed by atoms with van der Waals surface area (Å²) in [5, 5.41) is 22.3. The van der Waals surface area contributed by atoms with Crippen molar-refractivity contribution >= 4 is 35.5 Å². The smallest absolute Gasteiger partial charge is 0.326 e. The minimum absolute atomic E-state index is 0.176. The van der Waals surface area contributed by atoms with Crippen LogP contribution in [0.3, 0.4) is 0 Å². The topological polar surface area (TPSA) is 185 Å². The first-order valence-corrected chi connectivity index (χ1v) is 8.09. The fourth-order valence-corrected chi connectivity index (χ4v) is 2.01. The summed E-state index contributed by atoms with van der Waals surface area (Å²) < 4.78 is 0. The van der Waals surface area contributed by atoms with Crippen LogP contribution in [-0.2, 0) is 19.2 Å². The van der Waals surface area contributed by atoms with Gasteiger partial charge in [0.2, 0.25) is 17.7 Å². The Bertz CT molecular complexity index is 447. The number of carboxylic acid groups (broad SMARTS) is 1. The van der Waals surface area contributed by atoms with E-state index in [-0.39, 0.29) is 6.42 Å². The number of aliphatic hydroxyl groups excluding tert-OH is 1. The van der Waals surface area contributed by atoms with Crippen LogP contribution in [0.25, 0.3) is 0 Å². The number of hydrogen-bond acceptors (Lipinski definition) is 7. The molecule has 3 atom stereocenters. The number of carboxylic acids is 1. The van der Waals surface area contributed by atoms with Crippen LogP contribution < -0.4 is 22.1 Å². The summed E-state index contributed by atoms with van der Waals surface area (Å²) in [6.07, 6.45) is 1.44. The first-order valence-electron chi connectivity index (χ1n) is 6.70. The second-order valence-corrected chi connectivity index (χ2v) is 5.69. The van der Waals surface area contributed by atoms with Crippen molar-refractivity contribution in [1.29, 1.82) is 0 Å². The first-order chi connectivity index (χ1) is 10.7. The molecule has 0 aromatic carbocycles. The van der Waals surface area contributed by atoms with E-state index in [1.165, 1.54) is 11.8 Å². The van der Waals surface area contributed by atoms with Gasteiger partial charge in [-0.3, -0.25) is 14.4 Å². The molecule has 0 bridgehead atoms. The Kier molecular flexibility index (Phi) is 9.94. The number of carbonyl (C=O) groups excluding carboxylic acids is 3. The van der Waals surface area contributed by atoms with E-state index in [2.05, 4.69) is 10.6 Å². The van der Waals surface area contributed by atoms with Gasteiger partial charge in [-0.1, -0.05) is 0 Å². The molecular weight excluding hydrogens is 328 g/mol. The monoisotopic (exact) mass is 350 g/mol. The van der Waals surface area contributed by atoms with Crippen molar-refractivity contribution < 1.29 is 29.4 Å². The number of rotatable bonds is 11. The van der Waals surface area contributed by atoms with E-state index in [0.29, 0.717) is 5.75 Å². The van der Waals surface area contributed by atoms with Gasteiger partial charge in [0.25, 0.3) is 0 Å². The molecule has 0 saturated heterocycles. The summed E-state index contributed by atoms with van der Waals surface area (Å²) in [5.41, 5.74) is 10.3. The summed E-state index contributed by atoms with van der Waals surface area (Å²) in [6, 6.07) is -3.80. The van der Waals surface area contributed by atoms with Crippen molar-refractivity contribution in [3.8, 4) is 0 Å². The second-order valence-electron chi connectivity index (χ2n) is 4.70. The van der Waals surface area contributed by atoms with Gasteiger partial charge in [0, 0.05) is 0 Å². The average molecular weight is 350 g/mol. The number of primary amides is 1. The molecule has 0 aliphatic rings. The SMILES string of the molecule is CSCC[C@H](NC(=O)[C@H](CC(N)=O)NC(=O)[C@@H](N)CO)C(=O)O. The van der Waals surface area contributed by atoms with Crippen LogP contribution in [0.1, 0.15) is 12.8 Å². The molecule has 11 heteroatoms. The maximum atomic E-state index is 12.1. The van der Waals surface area contributed by atoms with Crippen molar-refractivity contribution in [2.45, 2.75) is 31.0 Å². The van der Waals surface area contributed by atoms with E-state index in [1.54, 1.807) is 6.26 Å². The lowest BCUT2D eigenvalue weighted by Crippen LogP contribution is -2.56. The molecule has 0 fully saturated rings. The zero-order chi connectivity index (χ0) is 18.0. The minimum atomic E-state index is -1.37. The maximum absolute atomic E-state index is 12.1. The van der Waals surface area contributed by atoms with Gasteiger partial charge in [-0.15, -0.1) is 0 Å². The highest BCUT2D eigenvalue weighted by Gasteiger charge is 2.28.